The predicted octanol–water partition coefficient (Wildman–Crippen LogP) is 0.934. The van der Waals surface area contributed by atoms with Gasteiger partial charge in [-0.1, -0.05) is 12.8 Å². The van der Waals surface area contributed by atoms with Gasteiger partial charge < -0.3 is 14.8 Å². The van der Waals surface area contributed by atoms with E-state index in [1.54, 1.807) is 0 Å². The molecule has 76 valence electrons. The Morgan fingerprint density at radius 3 is 2.92 bits per heavy atom. The van der Waals surface area contributed by atoms with Gasteiger partial charge in [0.05, 0.1) is 25.9 Å². The Balaban J connectivity index is 1.82. The minimum atomic E-state index is 0.298. The Morgan fingerprint density at radius 1 is 1.08 bits per heavy atom. The van der Waals surface area contributed by atoms with Gasteiger partial charge in [-0.05, 0) is 19.4 Å². The molecule has 0 aromatic rings. The molecule has 2 saturated heterocycles. The summed E-state index contributed by atoms with van der Waals surface area (Å²) in [5, 5.41) is 3.55. The fourth-order valence-electron chi connectivity index (χ4n) is 2.11. The highest BCUT2D eigenvalue weighted by Crippen LogP contribution is 2.15. The molecule has 0 spiro atoms. The molecule has 2 atom stereocenters. The zero-order chi connectivity index (χ0) is 8.93. The third-order valence-electron chi connectivity index (χ3n) is 2.89. The first-order valence-corrected chi connectivity index (χ1v) is 5.39. The molecule has 0 aliphatic carbocycles. The third-order valence-corrected chi connectivity index (χ3v) is 2.89. The Bertz CT molecular complexity index is 138. The van der Waals surface area contributed by atoms with Gasteiger partial charge in [-0.2, -0.15) is 0 Å². The van der Waals surface area contributed by atoms with E-state index in [1.165, 1.54) is 25.7 Å². The van der Waals surface area contributed by atoms with Crippen molar-refractivity contribution in [2.75, 3.05) is 26.4 Å². The van der Waals surface area contributed by atoms with Crippen molar-refractivity contribution in [1.82, 2.24) is 5.32 Å². The molecule has 0 saturated carbocycles. The molecule has 0 bridgehead atoms. The van der Waals surface area contributed by atoms with E-state index in [2.05, 4.69) is 5.32 Å². The van der Waals surface area contributed by atoms with E-state index >= 15 is 0 Å². The number of hydrogen-bond acceptors (Lipinski definition) is 3. The van der Waals surface area contributed by atoms with Crippen LogP contribution in [0.25, 0.3) is 0 Å². The third kappa shape index (κ3) is 2.66. The van der Waals surface area contributed by atoms with Crippen LogP contribution in [-0.4, -0.2) is 38.5 Å². The van der Waals surface area contributed by atoms with Crippen LogP contribution in [0.15, 0.2) is 0 Å². The molecule has 3 heteroatoms. The molecule has 1 N–H and O–H groups in total. The summed E-state index contributed by atoms with van der Waals surface area (Å²) in [7, 11) is 0. The summed E-state index contributed by atoms with van der Waals surface area (Å²) in [6, 6.07) is 0.530. The average molecular weight is 185 g/mol. The smallest absolute Gasteiger partial charge is 0.0962 e. The quantitative estimate of drug-likeness (QED) is 0.659. The van der Waals surface area contributed by atoms with Gasteiger partial charge in [-0.15, -0.1) is 0 Å². The molecule has 2 rings (SSSR count). The fraction of sp³-hybridized carbons (Fsp3) is 1.00. The molecule has 2 fully saturated rings. The van der Waals surface area contributed by atoms with Crippen LogP contribution in [0.5, 0.6) is 0 Å². The topological polar surface area (TPSA) is 30.5 Å². The van der Waals surface area contributed by atoms with Crippen LogP contribution in [0.4, 0.5) is 0 Å². The minimum absolute atomic E-state index is 0.298. The number of nitrogens with one attached hydrogen (secondary N) is 1. The summed E-state index contributed by atoms with van der Waals surface area (Å²) >= 11 is 0. The largest absolute Gasteiger partial charge is 0.376 e. The highest BCUT2D eigenvalue weighted by atomic mass is 16.6. The summed E-state index contributed by atoms with van der Waals surface area (Å²) in [5.74, 6) is 0. The van der Waals surface area contributed by atoms with Crippen LogP contribution in [-0.2, 0) is 9.47 Å². The highest BCUT2D eigenvalue weighted by Gasteiger charge is 2.25. The summed E-state index contributed by atoms with van der Waals surface area (Å²) < 4.78 is 11.1. The average Bonchev–Trinajstić information content (AvgIpc) is 2.47. The molecule has 0 amide bonds. The van der Waals surface area contributed by atoms with Crippen LogP contribution < -0.4 is 5.32 Å². The van der Waals surface area contributed by atoms with E-state index in [0.717, 1.165) is 26.4 Å². The van der Waals surface area contributed by atoms with Crippen LogP contribution >= 0.6 is 0 Å². The molecular weight excluding hydrogens is 166 g/mol. The number of rotatable bonds is 1. The highest BCUT2D eigenvalue weighted by molar-refractivity contribution is 4.80. The SMILES string of the molecule is C1CCNC(C2COCCO2)CC1. The van der Waals surface area contributed by atoms with Crippen molar-refractivity contribution in [1.29, 1.82) is 0 Å². The molecular formula is C10H19NO2. The Morgan fingerprint density at radius 2 is 2.08 bits per heavy atom. The molecule has 3 nitrogen and oxygen atoms in total. The van der Waals surface area contributed by atoms with Gasteiger partial charge >= 0.3 is 0 Å². The normalized spacial score (nSPS) is 36.9. The van der Waals surface area contributed by atoms with Crippen molar-refractivity contribution >= 4 is 0 Å². The van der Waals surface area contributed by atoms with Crippen LogP contribution in [0.2, 0.25) is 0 Å². The lowest BCUT2D eigenvalue weighted by Gasteiger charge is -2.30. The van der Waals surface area contributed by atoms with Crippen molar-refractivity contribution in [3.8, 4) is 0 Å². The second kappa shape index (κ2) is 4.94. The first-order chi connectivity index (χ1) is 6.47. The zero-order valence-corrected chi connectivity index (χ0v) is 8.13. The Labute approximate surface area is 79.8 Å². The standard InChI is InChI=1S/C10H19NO2/c1-2-4-9(11-5-3-1)10-8-12-6-7-13-10/h9-11H,1-8H2. The van der Waals surface area contributed by atoms with Crippen molar-refractivity contribution in [3.05, 3.63) is 0 Å². The summed E-state index contributed by atoms with van der Waals surface area (Å²) in [6.07, 6.45) is 5.54. The molecule has 0 aromatic carbocycles. The first kappa shape index (κ1) is 9.44. The molecule has 2 heterocycles. The van der Waals surface area contributed by atoms with Gasteiger partial charge in [0.1, 0.15) is 0 Å². The van der Waals surface area contributed by atoms with Gasteiger partial charge in [0.2, 0.25) is 0 Å². The minimum Gasteiger partial charge on any atom is -0.376 e. The van der Waals surface area contributed by atoms with Crippen molar-refractivity contribution in [2.45, 2.75) is 37.8 Å². The van der Waals surface area contributed by atoms with Crippen molar-refractivity contribution in [3.63, 3.8) is 0 Å². The first-order valence-electron chi connectivity index (χ1n) is 5.39. The van der Waals surface area contributed by atoms with Gasteiger partial charge in [0, 0.05) is 6.04 Å². The van der Waals surface area contributed by atoms with Gasteiger partial charge in [-0.3, -0.25) is 0 Å². The molecule has 2 aliphatic rings. The summed E-state index contributed by atoms with van der Waals surface area (Å²) in [5.41, 5.74) is 0. The molecule has 2 unspecified atom stereocenters. The van der Waals surface area contributed by atoms with Crippen LogP contribution in [0.1, 0.15) is 25.7 Å². The van der Waals surface area contributed by atoms with Gasteiger partial charge in [0.15, 0.2) is 0 Å². The predicted molar refractivity (Wildman–Crippen MR) is 50.8 cm³/mol. The Kier molecular flexibility index (Phi) is 3.58. The second-order valence-corrected chi connectivity index (χ2v) is 3.89. The number of hydrogen-bond donors (Lipinski definition) is 1. The maximum absolute atomic E-state index is 5.69. The van der Waals surface area contributed by atoms with E-state index in [1.807, 2.05) is 0 Å². The maximum Gasteiger partial charge on any atom is 0.0962 e. The van der Waals surface area contributed by atoms with E-state index in [4.69, 9.17) is 9.47 Å². The summed E-state index contributed by atoms with van der Waals surface area (Å²) in [4.78, 5) is 0. The lowest BCUT2D eigenvalue weighted by atomic mass is 10.1. The lowest BCUT2D eigenvalue weighted by molar-refractivity contribution is -0.102. The van der Waals surface area contributed by atoms with Crippen molar-refractivity contribution < 1.29 is 9.47 Å². The fourth-order valence-corrected chi connectivity index (χ4v) is 2.11. The number of ether oxygens (including phenoxy) is 2. The van der Waals surface area contributed by atoms with E-state index in [-0.39, 0.29) is 0 Å². The van der Waals surface area contributed by atoms with Crippen LogP contribution in [0.3, 0.4) is 0 Å². The molecule has 13 heavy (non-hydrogen) atoms. The van der Waals surface area contributed by atoms with Gasteiger partial charge in [-0.25, -0.2) is 0 Å². The molecule has 0 radical (unpaired) electrons. The lowest BCUT2D eigenvalue weighted by Crippen LogP contribution is -2.46. The van der Waals surface area contributed by atoms with E-state index in [0.29, 0.717) is 12.1 Å². The summed E-state index contributed by atoms with van der Waals surface area (Å²) in [6.45, 7) is 3.45. The van der Waals surface area contributed by atoms with E-state index < -0.39 is 0 Å². The second-order valence-electron chi connectivity index (χ2n) is 3.89. The zero-order valence-electron chi connectivity index (χ0n) is 8.13. The van der Waals surface area contributed by atoms with Crippen LogP contribution in [0, 0.1) is 0 Å². The Hall–Kier alpha value is -0.120. The van der Waals surface area contributed by atoms with Gasteiger partial charge in [0.25, 0.3) is 0 Å². The maximum atomic E-state index is 5.69. The van der Waals surface area contributed by atoms with E-state index in [9.17, 15) is 0 Å². The molecule has 0 aromatic heterocycles. The van der Waals surface area contributed by atoms with Crippen molar-refractivity contribution in [2.24, 2.45) is 0 Å². The molecule has 2 aliphatic heterocycles. The monoisotopic (exact) mass is 185 g/mol.